The number of benzene rings is 1. The van der Waals surface area contributed by atoms with Gasteiger partial charge in [0.1, 0.15) is 5.75 Å². The van der Waals surface area contributed by atoms with E-state index in [1.807, 2.05) is 12.1 Å². The van der Waals surface area contributed by atoms with E-state index >= 15 is 0 Å². The second-order valence-corrected chi connectivity index (χ2v) is 6.43. The third-order valence-electron chi connectivity index (χ3n) is 3.33. The van der Waals surface area contributed by atoms with Gasteiger partial charge in [0, 0.05) is 18.0 Å². The number of rotatable bonds is 4. The summed E-state index contributed by atoms with van der Waals surface area (Å²) >= 11 is 0. The van der Waals surface area contributed by atoms with Gasteiger partial charge < -0.3 is 10.4 Å². The Morgan fingerprint density at radius 3 is 2.32 bits per heavy atom. The zero-order valence-corrected chi connectivity index (χ0v) is 12.5. The number of phenolic OH excluding ortho intramolecular Hbond substituents is 1. The van der Waals surface area contributed by atoms with Crippen molar-refractivity contribution in [2.75, 3.05) is 0 Å². The highest BCUT2D eigenvalue weighted by Crippen LogP contribution is 2.32. The van der Waals surface area contributed by atoms with E-state index < -0.39 is 0 Å². The van der Waals surface area contributed by atoms with Crippen molar-refractivity contribution in [1.29, 1.82) is 0 Å². The minimum Gasteiger partial charge on any atom is -0.508 e. The molecule has 3 heteroatoms. The maximum Gasteiger partial charge on any atom is 0.224 e. The summed E-state index contributed by atoms with van der Waals surface area (Å²) in [5.74, 6) is 0.508. The van der Waals surface area contributed by atoms with Crippen molar-refractivity contribution < 1.29 is 9.90 Å². The molecule has 1 aromatic carbocycles. The van der Waals surface area contributed by atoms with Crippen LogP contribution in [-0.4, -0.2) is 11.0 Å². The zero-order valence-electron chi connectivity index (χ0n) is 12.5. The largest absolute Gasteiger partial charge is 0.508 e. The highest BCUT2D eigenvalue weighted by Gasteiger charge is 2.33. The molecule has 0 heterocycles. The van der Waals surface area contributed by atoms with Gasteiger partial charge in [0.15, 0.2) is 0 Å². The summed E-state index contributed by atoms with van der Waals surface area (Å²) in [4.78, 5) is 12.3. The summed E-state index contributed by atoms with van der Waals surface area (Å²) in [7, 11) is 0. The van der Waals surface area contributed by atoms with Crippen LogP contribution in [0.1, 0.15) is 40.2 Å². The molecular formula is C16H25NO2. The number of aromatic hydroxyl groups is 1. The summed E-state index contributed by atoms with van der Waals surface area (Å²) in [5, 5.41) is 12.6. The minimum absolute atomic E-state index is 0.0432. The Labute approximate surface area is 116 Å². The highest BCUT2D eigenvalue weighted by atomic mass is 16.3. The molecule has 0 aliphatic heterocycles. The van der Waals surface area contributed by atoms with E-state index in [0.29, 0.717) is 6.54 Å². The lowest BCUT2D eigenvalue weighted by molar-refractivity contribution is -0.130. The molecule has 0 spiro atoms. The molecule has 0 bridgehead atoms. The van der Waals surface area contributed by atoms with Crippen LogP contribution in [0.5, 0.6) is 5.75 Å². The number of hydrogen-bond donors (Lipinski definition) is 2. The maximum atomic E-state index is 12.3. The molecule has 0 radical (unpaired) electrons. The van der Waals surface area contributed by atoms with Gasteiger partial charge in [-0.25, -0.2) is 0 Å². The zero-order chi connectivity index (χ0) is 14.6. The summed E-state index contributed by atoms with van der Waals surface area (Å²) in [6.07, 6.45) is 0. The van der Waals surface area contributed by atoms with Crippen LogP contribution in [0.15, 0.2) is 24.3 Å². The van der Waals surface area contributed by atoms with Gasteiger partial charge in [-0.1, -0.05) is 52.8 Å². The predicted molar refractivity (Wildman–Crippen MR) is 77.7 cm³/mol. The van der Waals surface area contributed by atoms with Gasteiger partial charge in [0.05, 0.1) is 0 Å². The molecule has 0 aliphatic rings. The van der Waals surface area contributed by atoms with Crippen LogP contribution in [0.3, 0.4) is 0 Å². The first-order valence-corrected chi connectivity index (χ1v) is 6.78. The normalized spacial score (nSPS) is 13.4. The van der Waals surface area contributed by atoms with Crippen LogP contribution >= 0.6 is 0 Å². The van der Waals surface area contributed by atoms with Gasteiger partial charge in [0.25, 0.3) is 0 Å². The average molecular weight is 263 g/mol. The molecule has 0 aromatic heterocycles. The van der Waals surface area contributed by atoms with E-state index in [-0.39, 0.29) is 28.9 Å². The van der Waals surface area contributed by atoms with Gasteiger partial charge in [-0.15, -0.1) is 0 Å². The van der Waals surface area contributed by atoms with Crippen molar-refractivity contribution in [1.82, 2.24) is 5.32 Å². The van der Waals surface area contributed by atoms with E-state index in [1.165, 1.54) is 0 Å². The molecule has 1 aromatic rings. The maximum absolute atomic E-state index is 12.3. The molecule has 1 amide bonds. The fraction of sp³-hybridized carbons (Fsp3) is 0.562. The smallest absolute Gasteiger partial charge is 0.224 e. The van der Waals surface area contributed by atoms with Crippen LogP contribution in [0, 0.1) is 17.3 Å². The molecule has 19 heavy (non-hydrogen) atoms. The van der Waals surface area contributed by atoms with Gasteiger partial charge >= 0.3 is 0 Å². The second-order valence-electron chi connectivity index (χ2n) is 6.43. The van der Waals surface area contributed by atoms with Gasteiger partial charge in [-0.05, 0) is 17.4 Å². The molecule has 0 aliphatic carbocycles. The second kappa shape index (κ2) is 6.09. The van der Waals surface area contributed by atoms with Crippen LogP contribution in [0.4, 0.5) is 0 Å². The fourth-order valence-corrected chi connectivity index (χ4v) is 2.65. The lowest BCUT2D eigenvalue weighted by Gasteiger charge is -2.32. The first-order chi connectivity index (χ1) is 8.73. The molecule has 2 N–H and O–H groups in total. The minimum atomic E-state index is -0.0724. The van der Waals surface area contributed by atoms with E-state index in [1.54, 1.807) is 12.1 Å². The van der Waals surface area contributed by atoms with Crippen molar-refractivity contribution in [2.24, 2.45) is 17.3 Å². The van der Waals surface area contributed by atoms with Crippen LogP contribution in [0.2, 0.25) is 0 Å². The number of carbonyl (C=O) groups excluding carboxylic acids is 1. The molecule has 0 saturated carbocycles. The van der Waals surface area contributed by atoms with Crippen LogP contribution in [-0.2, 0) is 11.3 Å². The van der Waals surface area contributed by atoms with E-state index in [9.17, 15) is 9.90 Å². The molecule has 1 rings (SSSR count). The predicted octanol–water partition coefficient (Wildman–Crippen LogP) is 3.33. The van der Waals surface area contributed by atoms with Crippen LogP contribution < -0.4 is 5.32 Å². The Bertz CT molecular complexity index is 433. The summed E-state index contributed by atoms with van der Waals surface area (Å²) < 4.78 is 0. The monoisotopic (exact) mass is 263 g/mol. The standard InChI is InChI=1S/C16H25NO2/c1-11(2)14(16(3,4)5)15(19)17-10-12-8-6-7-9-13(12)18/h6-9,11,14,18H,10H2,1-5H3,(H,17,19). The van der Waals surface area contributed by atoms with Crippen molar-refractivity contribution in [2.45, 2.75) is 41.2 Å². The lowest BCUT2D eigenvalue weighted by Crippen LogP contribution is -2.40. The topological polar surface area (TPSA) is 49.3 Å². The van der Waals surface area contributed by atoms with E-state index in [2.05, 4.69) is 39.9 Å². The third-order valence-corrected chi connectivity index (χ3v) is 3.33. The summed E-state index contributed by atoms with van der Waals surface area (Å²) in [5.41, 5.74) is 0.670. The van der Waals surface area contributed by atoms with Crippen molar-refractivity contribution in [3.63, 3.8) is 0 Å². The third kappa shape index (κ3) is 4.27. The van der Waals surface area contributed by atoms with Gasteiger partial charge in [-0.2, -0.15) is 0 Å². The van der Waals surface area contributed by atoms with Crippen molar-refractivity contribution in [3.05, 3.63) is 29.8 Å². The molecular weight excluding hydrogens is 238 g/mol. The van der Waals surface area contributed by atoms with E-state index in [4.69, 9.17) is 0 Å². The highest BCUT2D eigenvalue weighted by molar-refractivity contribution is 5.79. The van der Waals surface area contributed by atoms with Crippen molar-refractivity contribution >= 4 is 5.91 Å². The number of amides is 1. The lowest BCUT2D eigenvalue weighted by atomic mass is 9.74. The quantitative estimate of drug-likeness (QED) is 0.875. The Morgan fingerprint density at radius 2 is 1.84 bits per heavy atom. The average Bonchev–Trinajstić information content (AvgIpc) is 2.25. The Morgan fingerprint density at radius 1 is 1.26 bits per heavy atom. The Kier molecular flexibility index (Phi) is 4.98. The number of para-hydroxylation sites is 1. The molecule has 3 nitrogen and oxygen atoms in total. The Balaban J connectivity index is 2.72. The molecule has 0 fully saturated rings. The van der Waals surface area contributed by atoms with Crippen LogP contribution in [0.25, 0.3) is 0 Å². The first-order valence-electron chi connectivity index (χ1n) is 6.78. The number of nitrogens with one attached hydrogen (secondary N) is 1. The molecule has 0 saturated heterocycles. The molecule has 1 unspecified atom stereocenters. The molecule has 1 atom stereocenters. The van der Waals surface area contributed by atoms with Gasteiger partial charge in [0.2, 0.25) is 5.91 Å². The summed E-state index contributed by atoms with van der Waals surface area (Å²) in [6.45, 7) is 10.7. The fourth-order valence-electron chi connectivity index (χ4n) is 2.65. The number of hydrogen-bond acceptors (Lipinski definition) is 2. The van der Waals surface area contributed by atoms with Crippen molar-refractivity contribution in [3.8, 4) is 5.75 Å². The van der Waals surface area contributed by atoms with Gasteiger partial charge in [-0.3, -0.25) is 4.79 Å². The SMILES string of the molecule is CC(C)C(C(=O)NCc1ccccc1O)C(C)(C)C. The number of phenols is 1. The summed E-state index contributed by atoms with van der Waals surface area (Å²) in [6, 6.07) is 7.07. The molecule has 106 valence electrons. The Hall–Kier alpha value is -1.51. The van der Waals surface area contributed by atoms with E-state index in [0.717, 1.165) is 5.56 Å². The first kappa shape index (κ1) is 15.5. The number of carbonyl (C=O) groups is 1.